The van der Waals surface area contributed by atoms with E-state index in [1.165, 1.54) is 38.5 Å². The van der Waals surface area contributed by atoms with Gasteiger partial charge in [0.05, 0.1) is 5.92 Å². The van der Waals surface area contributed by atoms with E-state index in [1.54, 1.807) is 0 Å². The molecule has 4 aliphatic carbocycles. The van der Waals surface area contributed by atoms with Crippen molar-refractivity contribution in [3.63, 3.8) is 0 Å². The third-order valence-corrected chi connectivity index (χ3v) is 7.78. The Morgan fingerprint density at radius 3 is 2.22 bits per heavy atom. The zero-order chi connectivity index (χ0) is 19.2. The van der Waals surface area contributed by atoms with Crippen molar-refractivity contribution in [2.24, 2.45) is 29.1 Å². The molecule has 0 unspecified atom stereocenters. The quantitative estimate of drug-likeness (QED) is 0.716. The molecule has 1 atom stereocenters. The highest BCUT2D eigenvalue weighted by Crippen LogP contribution is 2.60. The topological polar surface area (TPSA) is 43.9 Å². The van der Waals surface area contributed by atoms with Gasteiger partial charge in [0.2, 0.25) is 11.8 Å². The second-order valence-electron chi connectivity index (χ2n) is 10.5. The van der Waals surface area contributed by atoms with Crippen LogP contribution in [0.2, 0.25) is 0 Å². The Balaban J connectivity index is 1.35. The number of piperidine rings is 1. The first-order valence-corrected chi connectivity index (χ1v) is 11.0. The highest BCUT2D eigenvalue weighted by Gasteiger charge is 2.51. The molecule has 27 heavy (non-hydrogen) atoms. The minimum absolute atomic E-state index is 0.0104. The molecule has 0 aromatic rings. The molecule has 5 heteroatoms. The Hall–Kier alpha value is -1.10. The molecule has 2 amide bonds. The van der Waals surface area contributed by atoms with Gasteiger partial charge in [-0.3, -0.25) is 9.59 Å². The van der Waals surface area contributed by atoms with Crippen LogP contribution in [-0.2, 0) is 9.59 Å². The van der Waals surface area contributed by atoms with Gasteiger partial charge in [-0.15, -0.1) is 0 Å². The summed E-state index contributed by atoms with van der Waals surface area (Å²) in [5.41, 5.74) is 0.397. The predicted octanol–water partition coefficient (Wildman–Crippen LogP) is 2.46. The van der Waals surface area contributed by atoms with Crippen LogP contribution in [0.5, 0.6) is 0 Å². The van der Waals surface area contributed by atoms with Crippen LogP contribution in [0.15, 0.2) is 0 Å². The van der Waals surface area contributed by atoms with Crippen molar-refractivity contribution in [1.29, 1.82) is 0 Å². The first kappa shape index (κ1) is 19.2. The van der Waals surface area contributed by atoms with E-state index in [0.29, 0.717) is 18.4 Å². The van der Waals surface area contributed by atoms with Crippen molar-refractivity contribution in [3.8, 4) is 0 Å². The molecule has 4 bridgehead atoms. The lowest BCUT2D eigenvalue weighted by Gasteiger charge is -2.57. The standard InChI is InChI=1S/C22H37N3O2/c1-23(2)6-7-25-14-19(4-5-20(25)26)21(27)24(3)15-22-11-16-8-17(12-22)10-18(9-16)13-22/h16-19H,4-15H2,1-3H3/t16?,17?,18?,19-,22?/m1/s1. The average molecular weight is 376 g/mol. The second-order valence-corrected chi connectivity index (χ2v) is 10.5. The van der Waals surface area contributed by atoms with E-state index in [9.17, 15) is 9.59 Å². The molecule has 0 aromatic carbocycles. The Kier molecular flexibility index (Phi) is 5.26. The molecule has 0 spiro atoms. The highest BCUT2D eigenvalue weighted by molar-refractivity contribution is 5.83. The Labute approximate surface area is 164 Å². The van der Waals surface area contributed by atoms with Crippen LogP contribution in [0.3, 0.4) is 0 Å². The molecule has 152 valence electrons. The molecule has 5 fully saturated rings. The van der Waals surface area contributed by atoms with Crippen LogP contribution in [0, 0.1) is 29.1 Å². The first-order chi connectivity index (χ1) is 12.8. The lowest BCUT2D eigenvalue weighted by atomic mass is 9.49. The van der Waals surface area contributed by atoms with Gasteiger partial charge in [-0.25, -0.2) is 0 Å². The van der Waals surface area contributed by atoms with Crippen LogP contribution in [0.1, 0.15) is 51.4 Å². The molecule has 5 nitrogen and oxygen atoms in total. The average Bonchev–Trinajstić information content (AvgIpc) is 2.58. The van der Waals surface area contributed by atoms with Gasteiger partial charge in [0, 0.05) is 39.6 Å². The van der Waals surface area contributed by atoms with E-state index < -0.39 is 0 Å². The first-order valence-electron chi connectivity index (χ1n) is 11.0. The van der Waals surface area contributed by atoms with E-state index in [4.69, 9.17) is 0 Å². The van der Waals surface area contributed by atoms with Crippen LogP contribution in [0.25, 0.3) is 0 Å². The fourth-order valence-electron chi connectivity index (χ4n) is 7.03. The van der Waals surface area contributed by atoms with Gasteiger partial charge in [-0.2, -0.15) is 0 Å². The van der Waals surface area contributed by atoms with Gasteiger partial charge in [0.25, 0.3) is 0 Å². The number of hydrogen-bond donors (Lipinski definition) is 0. The van der Waals surface area contributed by atoms with Gasteiger partial charge >= 0.3 is 0 Å². The van der Waals surface area contributed by atoms with Crippen molar-refractivity contribution < 1.29 is 9.59 Å². The van der Waals surface area contributed by atoms with Gasteiger partial charge in [0.1, 0.15) is 0 Å². The third-order valence-electron chi connectivity index (χ3n) is 7.78. The third kappa shape index (κ3) is 4.03. The number of hydrogen-bond acceptors (Lipinski definition) is 3. The fraction of sp³-hybridized carbons (Fsp3) is 0.909. The maximum absolute atomic E-state index is 13.2. The lowest BCUT2D eigenvalue weighted by molar-refractivity contribution is -0.145. The summed E-state index contributed by atoms with van der Waals surface area (Å²) in [6, 6.07) is 0. The highest BCUT2D eigenvalue weighted by atomic mass is 16.2. The molecule has 1 heterocycles. The van der Waals surface area contributed by atoms with Crippen molar-refractivity contribution in [2.75, 3.05) is 47.3 Å². The molecule has 4 saturated carbocycles. The van der Waals surface area contributed by atoms with E-state index >= 15 is 0 Å². The summed E-state index contributed by atoms with van der Waals surface area (Å²) in [5.74, 6) is 3.25. The second kappa shape index (κ2) is 7.38. The van der Waals surface area contributed by atoms with E-state index in [2.05, 4.69) is 4.90 Å². The number of carbonyl (C=O) groups is 2. The van der Waals surface area contributed by atoms with Gasteiger partial charge in [-0.1, -0.05) is 0 Å². The van der Waals surface area contributed by atoms with Crippen LogP contribution >= 0.6 is 0 Å². The molecule has 5 rings (SSSR count). The number of carbonyl (C=O) groups excluding carboxylic acids is 2. The maximum Gasteiger partial charge on any atom is 0.227 e. The van der Waals surface area contributed by atoms with Crippen LogP contribution < -0.4 is 0 Å². The summed E-state index contributed by atoms with van der Waals surface area (Å²) >= 11 is 0. The summed E-state index contributed by atoms with van der Waals surface area (Å²) in [7, 11) is 6.06. The molecule has 1 saturated heterocycles. The van der Waals surface area contributed by atoms with Crippen molar-refractivity contribution in [3.05, 3.63) is 0 Å². The molecule has 0 N–H and O–H groups in total. The zero-order valence-corrected chi connectivity index (χ0v) is 17.5. The normalized spacial score (nSPS) is 37.9. The minimum Gasteiger partial charge on any atom is -0.345 e. The number of likely N-dealkylation sites (N-methyl/N-ethyl adjacent to an activating group) is 1. The van der Waals surface area contributed by atoms with Crippen LogP contribution in [0.4, 0.5) is 0 Å². The van der Waals surface area contributed by atoms with Gasteiger partial charge in [-0.05, 0) is 82.2 Å². The predicted molar refractivity (Wildman–Crippen MR) is 106 cm³/mol. The number of rotatable bonds is 6. The molecular formula is C22H37N3O2. The summed E-state index contributed by atoms with van der Waals surface area (Å²) in [6.07, 6.45) is 9.61. The number of amides is 2. The Bertz CT molecular complexity index is 553. The maximum atomic E-state index is 13.2. The molecule has 5 aliphatic rings. The Morgan fingerprint density at radius 2 is 1.67 bits per heavy atom. The Morgan fingerprint density at radius 1 is 1.07 bits per heavy atom. The summed E-state index contributed by atoms with van der Waals surface area (Å²) < 4.78 is 0. The molecule has 0 radical (unpaired) electrons. The molecular weight excluding hydrogens is 338 g/mol. The van der Waals surface area contributed by atoms with Gasteiger partial charge < -0.3 is 14.7 Å². The molecule has 0 aromatic heterocycles. The SMILES string of the molecule is CN(C)CCN1C[C@H](C(=O)N(C)CC23CC4CC(CC(C4)C2)C3)CCC1=O. The fourth-order valence-corrected chi connectivity index (χ4v) is 7.03. The van der Waals surface area contributed by atoms with E-state index in [1.807, 2.05) is 30.9 Å². The summed E-state index contributed by atoms with van der Waals surface area (Å²) in [6.45, 7) is 3.14. The zero-order valence-electron chi connectivity index (χ0n) is 17.5. The lowest BCUT2D eigenvalue weighted by Crippen LogP contribution is -2.53. The monoisotopic (exact) mass is 375 g/mol. The van der Waals surface area contributed by atoms with Crippen molar-refractivity contribution in [2.45, 2.75) is 51.4 Å². The van der Waals surface area contributed by atoms with Crippen molar-refractivity contribution in [1.82, 2.24) is 14.7 Å². The van der Waals surface area contributed by atoms with Crippen LogP contribution in [-0.4, -0.2) is 73.8 Å². The number of likely N-dealkylation sites (tertiary alicyclic amines) is 1. The largest absolute Gasteiger partial charge is 0.345 e. The van der Waals surface area contributed by atoms with Gasteiger partial charge in [0.15, 0.2) is 0 Å². The van der Waals surface area contributed by atoms with E-state index in [0.717, 1.165) is 43.8 Å². The molecule has 1 aliphatic heterocycles. The van der Waals surface area contributed by atoms with Crippen molar-refractivity contribution >= 4 is 11.8 Å². The number of nitrogens with zero attached hydrogens (tertiary/aromatic N) is 3. The smallest absolute Gasteiger partial charge is 0.227 e. The summed E-state index contributed by atoms with van der Waals surface area (Å²) in [4.78, 5) is 31.5. The summed E-state index contributed by atoms with van der Waals surface area (Å²) in [5, 5.41) is 0. The minimum atomic E-state index is -0.0104. The van der Waals surface area contributed by atoms with E-state index in [-0.39, 0.29) is 17.7 Å².